The van der Waals surface area contributed by atoms with Crippen molar-refractivity contribution in [3.05, 3.63) is 35.5 Å². The molecule has 0 fully saturated rings. The Kier molecular flexibility index (Phi) is 5.70. The molecule has 1 aromatic heterocycles. The minimum Gasteiger partial charge on any atom is -0.494 e. The van der Waals surface area contributed by atoms with Gasteiger partial charge in [0, 0.05) is 5.56 Å². The Morgan fingerprint density at radius 1 is 1.33 bits per heavy atom. The van der Waals surface area contributed by atoms with E-state index in [1.54, 1.807) is 6.92 Å². The van der Waals surface area contributed by atoms with Crippen LogP contribution < -0.4 is 21.7 Å². The highest BCUT2D eigenvalue weighted by molar-refractivity contribution is 6.00. The normalized spacial score (nSPS) is 10.7. The van der Waals surface area contributed by atoms with Crippen LogP contribution >= 0.6 is 0 Å². The zero-order valence-electron chi connectivity index (χ0n) is 14.2. The van der Waals surface area contributed by atoms with Crippen molar-refractivity contribution in [3.8, 4) is 17.0 Å². The number of ether oxygens (including phenoxy) is 1. The first-order chi connectivity index (χ1) is 11.4. The van der Waals surface area contributed by atoms with Gasteiger partial charge < -0.3 is 10.5 Å². The number of hydrogen-bond donors (Lipinski definition) is 3. The first-order valence-electron chi connectivity index (χ1n) is 7.80. The number of nitrogens with zero attached hydrogens (tertiary/aromatic N) is 2. The van der Waals surface area contributed by atoms with E-state index >= 15 is 0 Å². The number of hydrazine groups is 1. The molecule has 24 heavy (non-hydrogen) atoms. The summed E-state index contributed by atoms with van der Waals surface area (Å²) in [5, 5.41) is 0. The van der Waals surface area contributed by atoms with Gasteiger partial charge in [0.05, 0.1) is 23.6 Å². The standard InChI is InChI=1S/C17H23N5O2/c1-10(2)7-8-24-13-6-4-5-12(9-13)15-14(16(23)22-19)11(3)20-17(18)21-15/h4-6,9-10H,7-8,19H2,1-3H3,(H,22,23)(H2,18,20,21). The summed E-state index contributed by atoms with van der Waals surface area (Å²) in [7, 11) is 0. The highest BCUT2D eigenvalue weighted by Gasteiger charge is 2.19. The molecule has 2 rings (SSSR count). The van der Waals surface area contributed by atoms with Crippen molar-refractivity contribution in [2.45, 2.75) is 27.2 Å². The molecule has 2 aromatic rings. The molecule has 0 spiro atoms. The number of rotatable bonds is 6. The topological polar surface area (TPSA) is 116 Å². The molecule has 0 aliphatic rings. The Morgan fingerprint density at radius 2 is 2.08 bits per heavy atom. The van der Waals surface area contributed by atoms with Gasteiger partial charge in [-0.2, -0.15) is 0 Å². The maximum absolute atomic E-state index is 12.1. The summed E-state index contributed by atoms with van der Waals surface area (Å²) in [6.07, 6.45) is 0.963. The van der Waals surface area contributed by atoms with E-state index in [9.17, 15) is 4.79 Å². The average molecular weight is 329 g/mol. The zero-order valence-corrected chi connectivity index (χ0v) is 14.2. The highest BCUT2D eigenvalue weighted by atomic mass is 16.5. The maximum atomic E-state index is 12.1. The lowest BCUT2D eigenvalue weighted by atomic mass is 10.0. The fourth-order valence-corrected chi connectivity index (χ4v) is 2.29. The molecule has 5 N–H and O–H groups in total. The molecular formula is C17H23N5O2. The van der Waals surface area contributed by atoms with Gasteiger partial charge in [0.1, 0.15) is 5.75 Å². The van der Waals surface area contributed by atoms with Crippen LogP contribution in [0, 0.1) is 12.8 Å². The van der Waals surface area contributed by atoms with E-state index in [0.717, 1.165) is 6.42 Å². The van der Waals surface area contributed by atoms with E-state index in [1.165, 1.54) is 0 Å². The molecule has 0 radical (unpaired) electrons. The number of nitrogens with two attached hydrogens (primary N) is 2. The molecular weight excluding hydrogens is 306 g/mol. The molecule has 7 heteroatoms. The van der Waals surface area contributed by atoms with Crippen LogP contribution in [-0.2, 0) is 0 Å². The third-order valence-corrected chi connectivity index (χ3v) is 3.54. The number of nitrogen functional groups attached to an aromatic ring is 2. The summed E-state index contributed by atoms with van der Waals surface area (Å²) in [5.41, 5.74) is 9.77. The number of carbonyl (C=O) groups excluding carboxylic acids is 1. The second-order valence-corrected chi connectivity index (χ2v) is 5.92. The molecule has 0 unspecified atom stereocenters. The summed E-state index contributed by atoms with van der Waals surface area (Å²) in [6, 6.07) is 7.38. The molecule has 0 saturated heterocycles. The molecule has 7 nitrogen and oxygen atoms in total. The molecule has 0 saturated carbocycles. The molecule has 1 amide bonds. The summed E-state index contributed by atoms with van der Waals surface area (Å²) >= 11 is 0. The van der Waals surface area contributed by atoms with E-state index in [4.69, 9.17) is 16.3 Å². The van der Waals surface area contributed by atoms with Gasteiger partial charge in [0.25, 0.3) is 5.91 Å². The SMILES string of the molecule is Cc1nc(N)nc(-c2cccc(OCCC(C)C)c2)c1C(=O)NN. The van der Waals surface area contributed by atoms with Gasteiger partial charge in [0.15, 0.2) is 0 Å². The predicted molar refractivity (Wildman–Crippen MR) is 93.2 cm³/mol. The summed E-state index contributed by atoms with van der Waals surface area (Å²) < 4.78 is 5.77. The summed E-state index contributed by atoms with van der Waals surface area (Å²) in [5.74, 6) is 6.18. The van der Waals surface area contributed by atoms with Crippen molar-refractivity contribution in [1.29, 1.82) is 0 Å². The van der Waals surface area contributed by atoms with E-state index in [2.05, 4.69) is 29.2 Å². The minimum atomic E-state index is -0.464. The predicted octanol–water partition coefficient (Wildman–Crippen LogP) is 2.06. The quantitative estimate of drug-likeness (QED) is 0.424. The van der Waals surface area contributed by atoms with E-state index in [0.29, 0.717) is 40.8 Å². The Balaban J connectivity index is 2.39. The minimum absolute atomic E-state index is 0.0993. The average Bonchev–Trinajstić information content (AvgIpc) is 2.53. The van der Waals surface area contributed by atoms with Crippen LogP contribution in [-0.4, -0.2) is 22.5 Å². The van der Waals surface area contributed by atoms with Crippen LogP contribution in [0.5, 0.6) is 5.75 Å². The lowest BCUT2D eigenvalue weighted by Gasteiger charge is -2.13. The molecule has 1 heterocycles. The van der Waals surface area contributed by atoms with Crippen molar-refractivity contribution in [2.24, 2.45) is 11.8 Å². The van der Waals surface area contributed by atoms with Gasteiger partial charge in [0.2, 0.25) is 5.95 Å². The largest absolute Gasteiger partial charge is 0.494 e. The molecule has 0 aliphatic heterocycles. The number of aryl methyl sites for hydroxylation is 1. The lowest BCUT2D eigenvalue weighted by Crippen LogP contribution is -2.31. The second kappa shape index (κ2) is 7.74. The van der Waals surface area contributed by atoms with Crippen molar-refractivity contribution >= 4 is 11.9 Å². The van der Waals surface area contributed by atoms with E-state index in [1.807, 2.05) is 24.3 Å². The van der Waals surface area contributed by atoms with E-state index < -0.39 is 5.91 Å². The number of benzene rings is 1. The Hall–Kier alpha value is -2.67. The monoisotopic (exact) mass is 329 g/mol. The van der Waals surface area contributed by atoms with Gasteiger partial charge in [-0.05, 0) is 31.4 Å². The van der Waals surface area contributed by atoms with Gasteiger partial charge in [-0.25, -0.2) is 15.8 Å². The van der Waals surface area contributed by atoms with Crippen LogP contribution in [0.15, 0.2) is 24.3 Å². The third kappa shape index (κ3) is 4.20. The van der Waals surface area contributed by atoms with Gasteiger partial charge in [-0.1, -0.05) is 26.0 Å². The second-order valence-electron chi connectivity index (χ2n) is 5.92. The summed E-state index contributed by atoms with van der Waals surface area (Å²) in [4.78, 5) is 20.3. The number of amides is 1. The molecule has 0 aliphatic carbocycles. The van der Waals surface area contributed by atoms with Gasteiger partial charge in [-0.3, -0.25) is 10.2 Å². The van der Waals surface area contributed by atoms with Crippen LogP contribution in [0.4, 0.5) is 5.95 Å². The van der Waals surface area contributed by atoms with Crippen LogP contribution in [0.2, 0.25) is 0 Å². The zero-order chi connectivity index (χ0) is 17.7. The van der Waals surface area contributed by atoms with E-state index in [-0.39, 0.29) is 5.95 Å². The van der Waals surface area contributed by atoms with Crippen molar-refractivity contribution in [1.82, 2.24) is 15.4 Å². The number of nitrogens with one attached hydrogen (secondary N) is 1. The van der Waals surface area contributed by atoms with Gasteiger partial charge in [-0.15, -0.1) is 0 Å². The van der Waals surface area contributed by atoms with Crippen molar-refractivity contribution < 1.29 is 9.53 Å². The first-order valence-corrected chi connectivity index (χ1v) is 7.80. The fraction of sp³-hybridized carbons (Fsp3) is 0.353. The Labute approximate surface area is 141 Å². The molecule has 0 atom stereocenters. The molecule has 0 bridgehead atoms. The molecule has 128 valence electrons. The van der Waals surface area contributed by atoms with Crippen molar-refractivity contribution in [3.63, 3.8) is 0 Å². The van der Waals surface area contributed by atoms with Crippen LogP contribution in [0.3, 0.4) is 0 Å². The number of carbonyl (C=O) groups is 1. The van der Waals surface area contributed by atoms with Crippen LogP contribution in [0.25, 0.3) is 11.3 Å². The smallest absolute Gasteiger partial charge is 0.269 e. The summed E-state index contributed by atoms with van der Waals surface area (Å²) in [6.45, 7) is 6.60. The molecule has 1 aromatic carbocycles. The number of aromatic nitrogens is 2. The van der Waals surface area contributed by atoms with Gasteiger partial charge >= 0.3 is 0 Å². The fourth-order valence-electron chi connectivity index (χ4n) is 2.29. The Bertz CT molecular complexity index is 731. The van der Waals surface area contributed by atoms with Crippen molar-refractivity contribution in [2.75, 3.05) is 12.3 Å². The Morgan fingerprint density at radius 3 is 2.75 bits per heavy atom. The first kappa shape index (κ1) is 17.7. The number of hydrogen-bond acceptors (Lipinski definition) is 6. The number of anilines is 1. The lowest BCUT2D eigenvalue weighted by molar-refractivity contribution is 0.0953. The highest BCUT2D eigenvalue weighted by Crippen LogP contribution is 2.27. The third-order valence-electron chi connectivity index (χ3n) is 3.54. The van der Waals surface area contributed by atoms with Crippen LogP contribution in [0.1, 0.15) is 36.3 Å². The maximum Gasteiger partial charge on any atom is 0.269 e.